The van der Waals surface area contributed by atoms with Gasteiger partial charge in [0.1, 0.15) is 5.82 Å². The van der Waals surface area contributed by atoms with E-state index in [9.17, 15) is 4.39 Å². The number of halogens is 1. The van der Waals surface area contributed by atoms with E-state index in [1.165, 1.54) is 17.8 Å². The van der Waals surface area contributed by atoms with E-state index < -0.39 is 0 Å². The lowest BCUT2D eigenvalue weighted by molar-refractivity contribution is 0.403. The van der Waals surface area contributed by atoms with Gasteiger partial charge in [-0.2, -0.15) is 0 Å². The van der Waals surface area contributed by atoms with Crippen LogP contribution in [0.25, 0.3) is 0 Å². The quantitative estimate of drug-likeness (QED) is 0.904. The van der Waals surface area contributed by atoms with Gasteiger partial charge in [-0.25, -0.2) is 4.39 Å². The van der Waals surface area contributed by atoms with Crippen LogP contribution in [0.15, 0.2) is 42.6 Å². The van der Waals surface area contributed by atoms with E-state index in [1.54, 1.807) is 6.07 Å². The molecule has 0 bridgehead atoms. The standard InChI is InChI=1S/C16H20FN3/c1-12(15-9-8-14(17)10-18-15)19-16-7-5-4-6-13(16)11-20(2)3/h4-10,12,19H,11H2,1-3H3. The minimum absolute atomic E-state index is 0.0268. The van der Waals surface area contributed by atoms with Crippen LogP contribution in [0.2, 0.25) is 0 Å². The molecule has 0 fully saturated rings. The largest absolute Gasteiger partial charge is 0.377 e. The second-order valence-corrected chi connectivity index (χ2v) is 5.16. The van der Waals surface area contributed by atoms with Crippen molar-refractivity contribution >= 4 is 5.69 Å². The summed E-state index contributed by atoms with van der Waals surface area (Å²) in [5, 5.41) is 3.44. The first-order valence-corrected chi connectivity index (χ1v) is 6.67. The lowest BCUT2D eigenvalue weighted by Gasteiger charge is -2.19. The van der Waals surface area contributed by atoms with Gasteiger partial charge in [0.15, 0.2) is 0 Å². The zero-order valence-corrected chi connectivity index (χ0v) is 12.1. The highest BCUT2D eigenvalue weighted by Gasteiger charge is 2.09. The van der Waals surface area contributed by atoms with E-state index in [-0.39, 0.29) is 11.9 Å². The molecular weight excluding hydrogens is 253 g/mol. The molecule has 1 atom stereocenters. The maximum Gasteiger partial charge on any atom is 0.141 e. The van der Waals surface area contributed by atoms with Crippen molar-refractivity contribution in [3.05, 3.63) is 59.7 Å². The van der Waals surface area contributed by atoms with E-state index in [0.717, 1.165) is 17.9 Å². The second kappa shape index (κ2) is 6.48. The molecule has 0 amide bonds. The average molecular weight is 273 g/mol. The molecule has 1 aromatic carbocycles. The van der Waals surface area contributed by atoms with E-state index in [1.807, 2.05) is 33.2 Å². The third-order valence-corrected chi connectivity index (χ3v) is 3.07. The molecule has 0 saturated carbocycles. The number of hydrogen-bond donors (Lipinski definition) is 1. The van der Waals surface area contributed by atoms with Crippen LogP contribution < -0.4 is 5.32 Å². The van der Waals surface area contributed by atoms with Crippen LogP contribution in [0.1, 0.15) is 24.2 Å². The first-order chi connectivity index (χ1) is 9.56. The van der Waals surface area contributed by atoms with E-state index in [0.29, 0.717) is 0 Å². The van der Waals surface area contributed by atoms with Crippen molar-refractivity contribution in [2.45, 2.75) is 19.5 Å². The molecule has 1 N–H and O–H groups in total. The molecule has 0 spiro atoms. The molecule has 0 aliphatic heterocycles. The highest BCUT2D eigenvalue weighted by atomic mass is 19.1. The average Bonchev–Trinajstić information content (AvgIpc) is 2.41. The van der Waals surface area contributed by atoms with Gasteiger partial charge in [-0.1, -0.05) is 18.2 Å². The Labute approximate surface area is 119 Å². The van der Waals surface area contributed by atoms with E-state index >= 15 is 0 Å². The summed E-state index contributed by atoms with van der Waals surface area (Å²) in [6.45, 7) is 2.89. The van der Waals surface area contributed by atoms with Gasteiger partial charge in [-0.05, 0) is 44.8 Å². The number of nitrogens with one attached hydrogen (secondary N) is 1. The van der Waals surface area contributed by atoms with Crippen molar-refractivity contribution in [2.75, 3.05) is 19.4 Å². The summed E-state index contributed by atoms with van der Waals surface area (Å²) in [7, 11) is 4.09. The fourth-order valence-electron chi connectivity index (χ4n) is 2.09. The Balaban J connectivity index is 2.15. The molecule has 1 heterocycles. The maximum absolute atomic E-state index is 12.9. The number of anilines is 1. The van der Waals surface area contributed by atoms with Gasteiger partial charge in [0, 0.05) is 12.2 Å². The van der Waals surface area contributed by atoms with Gasteiger partial charge in [0.2, 0.25) is 0 Å². The van der Waals surface area contributed by atoms with Gasteiger partial charge >= 0.3 is 0 Å². The SMILES string of the molecule is CC(Nc1ccccc1CN(C)C)c1ccc(F)cn1. The molecule has 20 heavy (non-hydrogen) atoms. The number of aromatic nitrogens is 1. The van der Waals surface area contributed by atoms with Crippen molar-refractivity contribution in [1.29, 1.82) is 0 Å². The molecule has 0 aliphatic carbocycles. The lowest BCUT2D eigenvalue weighted by Crippen LogP contribution is -2.14. The number of pyridine rings is 1. The van der Waals surface area contributed by atoms with Crippen molar-refractivity contribution in [3.63, 3.8) is 0 Å². The molecule has 2 rings (SSSR count). The third kappa shape index (κ3) is 3.78. The zero-order chi connectivity index (χ0) is 14.5. The zero-order valence-electron chi connectivity index (χ0n) is 12.1. The Morgan fingerprint density at radius 2 is 1.95 bits per heavy atom. The summed E-state index contributed by atoms with van der Waals surface area (Å²) in [6, 6.07) is 11.4. The summed E-state index contributed by atoms with van der Waals surface area (Å²) in [5.41, 5.74) is 3.14. The van der Waals surface area contributed by atoms with Crippen molar-refractivity contribution in [1.82, 2.24) is 9.88 Å². The summed E-state index contributed by atoms with van der Waals surface area (Å²) < 4.78 is 12.9. The number of nitrogens with zero attached hydrogens (tertiary/aromatic N) is 2. The molecule has 0 saturated heterocycles. The number of rotatable bonds is 5. The fourth-order valence-corrected chi connectivity index (χ4v) is 2.09. The summed E-state index contributed by atoms with van der Waals surface area (Å²) >= 11 is 0. The predicted octanol–water partition coefficient (Wildman–Crippen LogP) is 3.46. The van der Waals surface area contributed by atoms with Crippen LogP contribution in [0, 0.1) is 5.82 Å². The fraction of sp³-hybridized carbons (Fsp3) is 0.312. The molecular formula is C16H20FN3. The van der Waals surface area contributed by atoms with Gasteiger partial charge in [-0.3, -0.25) is 4.98 Å². The van der Waals surface area contributed by atoms with Gasteiger partial charge < -0.3 is 10.2 Å². The normalized spacial score (nSPS) is 12.4. The minimum atomic E-state index is -0.311. The monoisotopic (exact) mass is 273 g/mol. The molecule has 1 unspecified atom stereocenters. The van der Waals surface area contributed by atoms with Crippen molar-refractivity contribution < 1.29 is 4.39 Å². The third-order valence-electron chi connectivity index (χ3n) is 3.07. The number of benzene rings is 1. The predicted molar refractivity (Wildman–Crippen MR) is 80.1 cm³/mol. The first-order valence-electron chi connectivity index (χ1n) is 6.67. The van der Waals surface area contributed by atoms with Gasteiger partial charge in [-0.15, -0.1) is 0 Å². The Morgan fingerprint density at radius 1 is 1.20 bits per heavy atom. The molecule has 0 aliphatic rings. The summed E-state index contributed by atoms with van der Waals surface area (Å²) in [5.74, 6) is -0.311. The van der Waals surface area contributed by atoms with Crippen LogP contribution in [-0.2, 0) is 6.54 Å². The smallest absolute Gasteiger partial charge is 0.141 e. The molecule has 1 aromatic heterocycles. The van der Waals surface area contributed by atoms with Crippen LogP contribution >= 0.6 is 0 Å². The van der Waals surface area contributed by atoms with E-state index in [2.05, 4.69) is 27.3 Å². The van der Waals surface area contributed by atoms with Crippen LogP contribution in [0.4, 0.5) is 10.1 Å². The van der Waals surface area contributed by atoms with E-state index in [4.69, 9.17) is 0 Å². The van der Waals surface area contributed by atoms with Crippen LogP contribution in [0.3, 0.4) is 0 Å². The highest BCUT2D eigenvalue weighted by molar-refractivity contribution is 5.52. The van der Waals surface area contributed by atoms with Gasteiger partial charge in [0.05, 0.1) is 17.9 Å². The maximum atomic E-state index is 12.9. The molecule has 106 valence electrons. The molecule has 4 heteroatoms. The second-order valence-electron chi connectivity index (χ2n) is 5.16. The Morgan fingerprint density at radius 3 is 2.60 bits per heavy atom. The van der Waals surface area contributed by atoms with Crippen LogP contribution in [0.5, 0.6) is 0 Å². The lowest BCUT2D eigenvalue weighted by atomic mass is 10.1. The highest BCUT2D eigenvalue weighted by Crippen LogP contribution is 2.22. The topological polar surface area (TPSA) is 28.2 Å². The minimum Gasteiger partial charge on any atom is -0.377 e. The number of para-hydroxylation sites is 1. The van der Waals surface area contributed by atoms with Crippen molar-refractivity contribution in [3.8, 4) is 0 Å². The Bertz CT molecular complexity index is 552. The molecule has 3 nitrogen and oxygen atoms in total. The van der Waals surface area contributed by atoms with Gasteiger partial charge in [0.25, 0.3) is 0 Å². The first kappa shape index (κ1) is 14.5. The molecule has 0 radical (unpaired) electrons. The van der Waals surface area contributed by atoms with Crippen molar-refractivity contribution in [2.24, 2.45) is 0 Å². The molecule has 2 aromatic rings. The Hall–Kier alpha value is -1.94. The van der Waals surface area contributed by atoms with Crippen LogP contribution in [-0.4, -0.2) is 24.0 Å². The summed E-state index contributed by atoms with van der Waals surface area (Å²) in [6.07, 6.45) is 1.25. The summed E-state index contributed by atoms with van der Waals surface area (Å²) in [4.78, 5) is 6.24. The Kier molecular flexibility index (Phi) is 4.69. The number of hydrogen-bond acceptors (Lipinski definition) is 3.